The maximum atomic E-state index is 13.3. The molecule has 1 aliphatic rings. The van der Waals surface area contributed by atoms with Crippen LogP contribution in [0.5, 0.6) is 0 Å². The van der Waals surface area contributed by atoms with Crippen molar-refractivity contribution >= 4 is 16.8 Å². The van der Waals surface area contributed by atoms with Crippen molar-refractivity contribution in [3.8, 4) is 0 Å². The van der Waals surface area contributed by atoms with E-state index in [0.29, 0.717) is 0 Å². The minimum absolute atomic E-state index is 0.0274. The molecule has 168 valence electrons. The number of amides is 1. The van der Waals surface area contributed by atoms with E-state index in [1.807, 2.05) is 60.7 Å². The average Bonchev–Trinajstić information content (AvgIpc) is 3.28. The first-order valence-corrected chi connectivity index (χ1v) is 11.7. The van der Waals surface area contributed by atoms with Crippen LogP contribution in [-0.4, -0.2) is 53.5 Å². The van der Waals surface area contributed by atoms with Gasteiger partial charge >= 0.3 is 0 Å². The van der Waals surface area contributed by atoms with Crippen molar-refractivity contribution in [2.24, 2.45) is 0 Å². The zero-order chi connectivity index (χ0) is 22.5. The zero-order valence-corrected chi connectivity index (χ0v) is 18.8. The number of aromatic amines is 1. The molecule has 2 N–H and O–H groups in total. The lowest BCUT2D eigenvalue weighted by Crippen LogP contribution is -2.54. The molecule has 1 amide bonds. The zero-order valence-electron chi connectivity index (χ0n) is 18.8. The Kier molecular flexibility index (Phi) is 6.51. The van der Waals surface area contributed by atoms with Gasteiger partial charge in [0.2, 0.25) is 5.91 Å². The van der Waals surface area contributed by atoms with Crippen molar-refractivity contribution in [3.63, 3.8) is 0 Å². The maximum absolute atomic E-state index is 13.3. The van der Waals surface area contributed by atoms with Gasteiger partial charge in [-0.2, -0.15) is 0 Å². The molecule has 0 spiro atoms. The molecule has 2 heterocycles. The molecule has 0 unspecified atom stereocenters. The second-order valence-electron chi connectivity index (χ2n) is 8.67. The number of fused-ring (bicyclic) bond motifs is 1. The number of hydrogen-bond acceptors (Lipinski definition) is 3. The van der Waals surface area contributed by atoms with E-state index in [1.54, 1.807) is 0 Å². The van der Waals surface area contributed by atoms with E-state index < -0.39 is 0 Å². The van der Waals surface area contributed by atoms with Crippen molar-refractivity contribution in [3.05, 3.63) is 108 Å². The molecule has 3 aromatic carbocycles. The minimum atomic E-state index is -0.313. The number of para-hydroxylation sites is 1. The number of carbonyl (C=O) groups excluding carboxylic acids is 1. The summed E-state index contributed by atoms with van der Waals surface area (Å²) in [6.45, 7) is 4.58. The smallest absolute Gasteiger partial charge is 0.246 e. The third kappa shape index (κ3) is 5.00. The Bertz CT molecular complexity index is 1140. The molecule has 5 nitrogen and oxygen atoms in total. The van der Waals surface area contributed by atoms with Crippen LogP contribution in [-0.2, 0) is 11.2 Å². The summed E-state index contributed by atoms with van der Waals surface area (Å²) in [6, 6.07) is 28.5. The first-order chi connectivity index (χ1) is 16.3. The van der Waals surface area contributed by atoms with Crippen LogP contribution in [0.2, 0.25) is 0 Å². The number of nitrogens with zero attached hydrogens (tertiary/aromatic N) is 2. The first-order valence-electron chi connectivity index (χ1n) is 11.7. The van der Waals surface area contributed by atoms with Gasteiger partial charge in [0.05, 0.1) is 5.92 Å². The number of rotatable bonds is 7. The number of hydrogen-bond donors (Lipinski definition) is 2. The molecule has 4 aromatic rings. The number of hydrazine groups is 1. The molecule has 1 aromatic heterocycles. The third-order valence-electron chi connectivity index (χ3n) is 6.54. The second-order valence-corrected chi connectivity index (χ2v) is 8.67. The summed E-state index contributed by atoms with van der Waals surface area (Å²) in [4.78, 5) is 19.2. The van der Waals surface area contributed by atoms with Crippen LogP contribution >= 0.6 is 0 Å². The van der Waals surface area contributed by atoms with Crippen LogP contribution in [0.15, 0.2) is 91.1 Å². The summed E-state index contributed by atoms with van der Waals surface area (Å²) in [5, 5.41) is 3.39. The monoisotopic (exact) mass is 438 g/mol. The summed E-state index contributed by atoms with van der Waals surface area (Å²) in [5.41, 5.74) is 7.79. The molecule has 0 bridgehead atoms. The average molecular weight is 439 g/mol. The lowest BCUT2D eigenvalue weighted by Gasteiger charge is -2.35. The molecule has 0 radical (unpaired) electrons. The molecular formula is C28H30N4O. The standard InChI is InChI=1S/C28H30N4O/c33-28(27(22-9-3-1-4-10-22)23-11-5-2-6-12-23)30-32-19-17-31(18-20-32)16-15-24-21-29-26-14-8-7-13-25(24)26/h1-14,21,27,29H,15-20H2,(H,30,33). The predicted molar refractivity (Wildman–Crippen MR) is 133 cm³/mol. The summed E-state index contributed by atoms with van der Waals surface area (Å²) in [5.74, 6) is -0.285. The Balaban J connectivity index is 1.17. The highest BCUT2D eigenvalue weighted by molar-refractivity contribution is 5.86. The van der Waals surface area contributed by atoms with Gasteiger partial charge in [0.25, 0.3) is 0 Å². The molecule has 5 rings (SSSR count). The lowest BCUT2D eigenvalue weighted by molar-refractivity contribution is -0.127. The maximum Gasteiger partial charge on any atom is 0.246 e. The summed E-state index contributed by atoms with van der Waals surface area (Å²) >= 11 is 0. The van der Waals surface area contributed by atoms with Gasteiger partial charge in [0, 0.05) is 49.8 Å². The van der Waals surface area contributed by atoms with E-state index in [9.17, 15) is 4.79 Å². The van der Waals surface area contributed by atoms with Crippen LogP contribution < -0.4 is 5.43 Å². The van der Waals surface area contributed by atoms with Gasteiger partial charge in [0.15, 0.2) is 0 Å². The quantitative estimate of drug-likeness (QED) is 0.455. The van der Waals surface area contributed by atoms with Crippen LogP contribution in [0.25, 0.3) is 10.9 Å². The third-order valence-corrected chi connectivity index (χ3v) is 6.54. The Morgan fingerprint density at radius 2 is 1.42 bits per heavy atom. The summed E-state index contributed by atoms with van der Waals surface area (Å²) in [6.07, 6.45) is 3.16. The number of nitrogens with one attached hydrogen (secondary N) is 2. The molecule has 0 aliphatic carbocycles. The van der Waals surface area contributed by atoms with E-state index in [-0.39, 0.29) is 11.8 Å². The Hall–Kier alpha value is -3.41. The highest BCUT2D eigenvalue weighted by Gasteiger charge is 2.26. The normalized spacial score (nSPS) is 15.2. The molecule has 1 saturated heterocycles. The van der Waals surface area contributed by atoms with Crippen molar-refractivity contribution in [2.45, 2.75) is 12.3 Å². The first kappa shape index (κ1) is 21.4. The van der Waals surface area contributed by atoms with Crippen molar-refractivity contribution in [1.29, 1.82) is 0 Å². The molecule has 5 heteroatoms. The fourth-order valence-electron chi connectivity index (χ4n) is 4.71. The van der Waals surface area contributed by atoms with Gasteiger partial charge in [-0.15, -0.1) is 0 Å². The fraction of sp³-hybridized carbons (Fsp3) is 0.250. The van der Waals surface area contributed by atoms with E-state index in [2.05, 4.69) is 50.8 Å². The van der Waals surface area contributed by atoms with Crippen LogP contribution in [0.3, 0.4) is 0 Å². The highest BCUT2D eigenvalue weighted by atomic mass is 16.2. The van der Waals surface area contributed by atoms with E-state index in [4.69, 9.17) is 0 Å². The van der Waals surface area contributed by atoms with Crippen molar-refractivity contribution in [2.75, 3.05) is 32.7 Å². The second kappa shape index (κ2) is 10.0. The fourth-order valence-corrected chi connectivity index (χ4v) is 4.71. The number of carbonyl (C=O) groups is 1. The van der Waals surface area contributed by atoms with Crippen LogP contribution in [0.4, 0.5) is 0 Å². The number of piperazine rings is 1. The number of benzene rings is 3. The van der Waals surface area contributed by atoms with E-state index in [0.717, 1.165) is 50.3 Å². The van der Waals surface area contributed by atoms with E-state index >= 15 is 0 Å². The lowest BCUT2D eigenvalue weighted by atomic mass is 9.91. The van der Waals surface area contributed by atoms with Crippen molar-refractivity contribution in [1.82, 2.24) is 20.3 Å². The largest absolute Gasteiger partial charge is 0.361 e. The topological polar surface area (TPSA) is 51.4 Å². The van der Waals surface area contributed by atoms with Gasteiger partial charge in [-0.25, -0.2) is 5.01 Å². The van der Waals surface area contributed by atoms with Crippen LogP contribution in [0, 0.1) is 0 Å². The van der Waals surface area contributed by atoms with Crippen molar-refractivity contribution < 1.29 is 4.79 Å². The van der Waals surface area contributed by atoms with E-state index in [1.165, 1.54) is 16.5 Å². The van der Waals surface area contributed by atoms with Crippen LogP contribution in [0.1, 0.15) is 22.6 Å². The Morgan fingerprint density at radius 3 is 2.09 bits per heavy atom. The summed E-state index contributed by atoms with van der Waals surface area (Å²) < 4.78 is 0. The van der Waals surface area contributed by atoms with Gasteiger partial charge in [-0.3, -0.25) is 10.2 Å². The van der Waals surface area contributed by atoms with Gasteiger partial charge in [-0.05, 0) is 29.2 Å². The molecule has 0 saturated carbocycles. The molecule has 0 atom stereocenters. The number of aromatic nitrogens is 1. The minimum Gasteiger partial charge on any atom is -0.361 e. The molecule has 1 fully saturated rings. The summed E-state index contributed by atoms with van der Waals surface area (Å²) in [7, 11) is 0. The molecule has 33 heavy (non-hydrogen) atoms. The number of H-pyrrole nitrogens is 1. The van der Waals surface area contributed by atoms with Gasteiger partial charge in [0.1, 0.15) is 0 Å². The van der Waals surface area contributed by atoms with Gasteiger partial charge in [-0.1, -0.05) is 78.9 Å². The van der Waals surface area contributed by atoms with Gasteiger partial charge < -0.3 is 9.88 Å². The Labute approximate surface area is 195 Å². The Morgan fingerprint density at radius 1 is 0.818 bits per heavy atom. The molecule has 1 aliphatic heterocycles. The molecular weight excluding hydrogens is 408 g/mol. The SMILES string of the molecule is O=C(NN1CCN(CCc2c[nH]c3ccccc23)CC1)C(c1ccccc1)c1ccccc1. The predicted octanol–water partition coefficient (Wildman–Crippen LogP) is 4.19. The highest BCUT2D eigenvalue weighted by Crippen LogP contribution is 2.25.